The summed E-state index contributed by atoms with van der Waals surface area (Å²) >= 11 is 0. The molecule has 0 bridgehead atoms. The molecule has 6 nitrogen and oxygen atoms in total. The second kappa shape index (κ2) is 5.16. The molecule has 6 heteroatoms. The van der Waals surface area contributed by atoms with Gasteiger partial charge in [-0.15, -0.1) is 0 Å². The second-order valence-corrected chi connectivity index (χ2v) is 6.50. The summed E-state index contributed by atoms with van der Waals surface area (Å²) in [5.41, 5.74) is 0.303. The Hall–Kier alpha value is -1.43. The van der Waals surface area contributed by atoms with Crippen LogP contribution in [0, 0.1) is 5.41 Å². The number of aromatic nitrogens is 3. The van der Waals surface area contributed by atoms with Crippen LogP contribution >= 0.6 is 0 Å². The fourth-order valence-corrected chi connectivity index (χ4v) is 3.45. The molecule has 0 atom stereocenters. The van der Waals surface area contributed by atoms with Gasteiger partial charge in [0.25, 0.3) is 0 Å². The second-order valence-electron chi connectivity index (χ2n) is 6.50. The van der Waals surface area contributed by atoms with Crippen molar-refractivity contribution >= 4 is 6.03 Å². The topological polar surface area (TPSA) is 54.3 Å². The summed E-state index contributed by atoms with van der Waals surface area (Å²) in [6.07, 6.45) is 6.66. The zero-order chi connectivity index (χ0) is 14.2. The summed E-state index contributed by atoms with van der Waals surface area (Å²) in [5.74, 6) is 0. The van der Waals surface area contributed by atoms with Crippen LogP contribution in [0.4, 0.5) is 4.79 Å². The van der Waals surface area contributed by atoms with Crippen LogP contribution in [0.1, 0.15) is 33.1 Å². The molecule has 2 aliphatic rings. The van der Waals surface area contributed by atoms with E-state index in [-0.39, 0.29) is 6.03 Å². The summed E-state index contributed by atoms with van der Waals surface area (Å²) in [7, 11) is 0. The molecule has 110 valence electrons. The lowest BCUT2D eigenvalue weighted by atomic mass is 9.76. The number of nitrogens with zero attached hydrogens (tertiary/aromatic N) is 5. The Bertz CT molecular complexity index is 464. The van der Waals surface area contributed by atoms with E-state index in [2.05, 4.69) is 28.8 Å². The van der Waals surface area contributed by atoms with Crippen LogP contribution in [0.5, 0.6) is 0 Å². The van der Waals surface area contributed by atoms with Crippen molar-refractivity contribution in [1.82, 2.24) is 24.6 Å². The third-order valence-electron chi connectivity index (χ3n) is 4.61. The van der Waals surface area contributed by atoms with Gasteiger partial charge in [0.1, 0.15) is 12.7 Å². The Morgan fingerprint density at radius 3 is 2.70 bits per heavy atom. The Morgan fingerprint density at radius 2 is 2.05 bits per heavy atom. The van der Waals surface area contributed by atoms with Crippen molar-refractivity contribution in [2.75, 3.05) is 26.2 Å². The fraction of sp³-hybridized carbons (Fsp3) is 0.786. The van der Waals surface area contributed by atoms with Gasteiger partial charge in [-0.05, 0) is 33.2 Å². The van der Waals surface area contributed by atoms with Crippen molar-refractivity contribution in [1.29, 1.82) is 0 Å². The molecule has 0 aromatic carbocycles. The van der Waals surface area contributed by atoms with Gasteiger partial charge in [0.2, 0.25) is 0 Å². The first-order valence-electron chi connectivity index (χ1n) is 7.48. The lowest BCUT2D eigenvalue weighted by molar-refractivity contribution is -0.00346. The van der Waals surface area contributed by atoms with Gasteiger partial charge < -0.3 is 9.80 Å². The van der Waals surface area contributed by atoms with E-state index < -0.39 is 0 Å². The van der Waals surface area contributed by atoms with Crippen LogP contribution in [0.15, 0.2) is 12.7 Å². The highest BCUT2D eigenvalue weighted by molar-refractivity contribution is 5.76. The standard InChI is InChI=1S/C14H23N5O/c1-12(2)17-6-4-3-5-14(7-17)8-18(9-14)13(20)19-11-15-10-16-19/h10-12H,3-9H2,1-2H3. The Balaban J connectivity index is 1.64. The van der Waals surface area contributed by atoms with Gasteiger partial charge in [0.05, 0.1) is 0 Å². The van der Waals surface area contributed by atoms with E-state index in [1.165, 1.54) is 43.1 Å². The van der Waals surface area contributed by atoms with E-state index in [4.69, 9.17) is 0 Å². The van der Waals surface area contributed by atoms with Gasteiger partial charge >= 0.3 is 6.03 Å². The number of carbonyl (C=O) groups is 1. The minimum absolute atomic E-state index is 0.0477. The largest absolute Gasteiger partial charge is 0.346 e. The van der Waals surface area contributed by atoms with E-state index >= 15 is 0 Å². The third kappa shape index (κ3) is 2.44. The third-order valence-corrected chi connectivity index (χ3v) is 4.61. The van der Waals surface area contributed by atoms with Crippen molar-refractivity contribution in [3.8, 4) is 0 Å². The molecular formula is C14H23N5O. The normalized spacial score (nSPS) is 22.9. The SMILES string of the molecule is CC(C)N1CCCCC2(CN(C(=O)n3cncn3)C2)C1. The molecule has 1 amide bonds. The molecule has 0 aliphatic carbocycles. The van der Waals surface area contributed by atoms with E-state index in [0.717, 1.165) is 19.6 Å². The van der Waals surface area contributed by atoms with Crippen molar-refractivity contribution < 1.29 is 4.79 Å². The molecule has 1 aromatic rings. The lowest BCUT2D eigenvalue weighted by Gasteiger charge is -2.51. The van der Waals surface area contributed by atoms with Gasteiger partial charge in [0.15, 0.2) is 0 Å². The highest BCUT2D eigenvalue weighted by Crippen LogP contribution is 2.39. The summed E-state index contributed by atoms with van der Waals surface area (Å²) in [4.78, 5) is 20.5. The van der Waals surface area contributed by atoms with Crippen LogP contribution in [0.2, 0.25) is 0 Å². The van der Waals surface area contributed by atoms with Crippen molar-refractivity contribution in [2.24, 2.45) is 5.41 Å². The van der Waals surface area contributed by atoms with Crippen molar-refractivity contribution in [3.05, 3.63) is 12.7 Å². The molecule has 20 heavy (non-hydrogen) atoms. The van der Waals surface area contributed by atoms with Gasteiger partial charge in [-0.25, -0.2) is 9.78 Å². The Labute approximate surface area is 119 Å². The average molecular weight is 277 g/mol. The molecule has 0 saturated carbocycles. The lowest BCUT2D eigenvalue weighted by Crippen LogP contribution is -2.63. The summed E-state index contributed by atoms with van der Waals surface area (Å²) < 4.78 is 1.32. The summed E-state index contributed by atoms with van der Waals surface area (Å²) in [6.45, 7) is 8.54. The number of likely N-dealkylation sites (tertiary alicyclic amines) is 2. The van der Waals surface area contributed by atoms with Crippen LogP contribution in [-0.4, -0.2) is 62.8 Å². The van der Waals surface area contributed by atoms with Gasteiger partial charge in [-0.3, -0.25) is 0 Å². The van der Waals surface area contributed by atoms with E-state index in [1.807, 2.05) is 4.90 Å². The fourth-order valence-electron chi connectivity index (χ4n) is 3.45. The summed E-state index contributed by atoms with van der Waals surface area (Å²) in [6, 6.07) is 0.540. The number of hydrogen-bond acceptors (Lipinski definition) is 4. The summed E-state index contributed by atoms with van der Waals surface area (Å²) in [5, 5.41) is 3.92. The van der Waals surface area contributed by atoms with Crippen LogP contribution in [0.3, 0.4) is 0 Å². The molecule has 1 spiro atoms. The zero-order valence-electron chi connectivity index (χ0n) is 12.3. The van der Waals surface area contributed by atoms with E-state index in [0.29, 0.717) is 11.5 Å². The monoisotopic (exact) mass is 277 g/mol. The number of carbonyl (C=O) groups excluding carboxylic acids is 1. The molecule has 0 radical (unpaired) electrons. The maximum absolute atomic E-state index is 12.2. The van der Waals surface area contributed by atoms with Crippen molar-refractivity contribution in [3.63, 3.8) is 0 Å². The predicted octanol–water partition coefficient (Wildman–Crippen LogP) is 1.44. The Morgan fingerprint density at radius 1 is 1.25 bits per heavy atom. The van der Waals surface area contributed by atoms with E-state index in [9.17, 15) is 4.79 Å². The number of amides is 1. The van der Waals surface area contributed by atoms with Gasteiger partial charge in [0, 0.05) is 31.1 Å². The maximum Gasteiger partial charge on any atom is 0.346 e. The molecule has 2 fully saturated rings. The minimum atomic E-state index is -0.0477. The predicted molar refractivity (Wildman–Crippen MR) is 75.4 cm³/mol. The highest BCUT2D eigenvalue weighted by Gasteiger charge is 2.47. The molecule has 2 aliphatic heterocycles. The number of hydrogen-bond donors (Lipinski definition) is 0. The van der Waals surface area contributed by atoms with Crippen molar-refractivity contribution in [2.45, 2.75) is 39.2 Å². The molecule has 2 saturated heterocycles. The molecular weight excluding hydrogens is 254 g/mol. The maximum atomic E-state index is 12.2. The van der Waals surface area contributed by atoms with Gasteiger partial charge in [-0.1, -0.05) is 6.42 Å². The van der Waals surface area contributed by atoms with Crippen LogP contribution in [-0.2, 0) is 0 Å². The minimum Gasteiger partial charge on any atom is -0.321 e. The molecule has 0 unspecified atom stereocenters. The first-order chi connectivity index (χ1) is 9.60. The van der Waals surface area contributed by atoms with Gasteiger partial charge in [-0.2, -0.15) is 9.78 Å². The molecule has 1 aromatic heterocycles. The van der Waals surface area contributed by atoms with Crippen LogP contribution in [0.25, 0.3) is 0 Å². The average Bonchev–Trinajstić information content (AvgIpc) is 2.81. The quantitative estimate of drug-likeness (QED) is 0.779. The van der Waals surface area contributed by atoms with E-state index in [1.54, 1.807) is 0 Å². The first-order valence-corrected chi connectivity index (χ1v) is 7.48. The smallest absolute Gasteiger partial charge is 0.321 e. The first kappa shape index (κ1) is 13.5. The molecule has 3 heterocycles. The zero-order valence-corrected chi connectivity index (χ0v) is 12.3. The number of rotatable bonds is 1. The van der Waals surface area contributed by atoms with Crippen LogP contribution < -0.4 is 0 Å². The Kier molecular flexibility index (Phi) is 3.50. The highest BCUT2D eigenvalue weighted by atomic mass is 16.2. The molecule has 0 N–H and O–H groups in total. The molecule has 3 rings (SSSR count).